The SMILES string of the molecule is CC/C(=C\c1cc(Br)ccc1O)CC[C@H]1OC[C@H]2C1=C(COC)C[C@H]1C(=O)N(C(=O)OC)C(=O)[C@H]12. The van der Waals surface area contributed by atoms with E-state index in [1.807, 2.05) is 12.1 Å². The average Bonchev–Trinajstić information content (AvgIpc) is 3.37. The van der Waals surface area contributed by atoms with E-state index >= 15 is 0 Å². The lowest BCUT2D eigenvalue weighted by Crippen LogP contribution is -2.38. The normalized spacial score (nSPS) is 26.3. The third kappa shape index (κ3) is 4.81. The Balaban J connectivity index is 1.57. The molecule has 1 aromatic rings. The van der Waals surface area contributed by atoms with Crippen LogP contribution in [0.15, 0.2) is 39.4 Å². The largest absolute Gasteiger partial charge is 0.507 e. The minimum absolute atomic E-state index is 0.202. The van der Waals surface area contributed by atoms with Crippen LogP contribution in [0.1, 0.15) is 38.2 Å². The molecule has 2 aliphatic heterocycles. The number of allylic oxidation sites excluding steroid dienone is 1. The summed E-state index contributed by atoms with van der Waals surface area (Å²) in [6.45, 7) is 2.74. The fourth-order valence-corrected chi connectivity index (χ4v) is 5.96. The second-order valence-electron chi connectivity index (χ2n) is 9.14. The van der Waals surface area contributed by atoms with E-state index in [1.165, 1.54) is 0 Å². The number of phenols is 1. The molecule has 8 nitrogen and oxygen atoms in total. The molecule has 4 rings (SSSR count). The number of likely N-dealkylation sites (tertiary alicyclic amines) is 1. The zero-order valence-corrected chi connectivity index (χ0v) is 21.7. The van der Waals surface area contributed by atoms with Crippen molar-refractivity contribution < 1.29 is 33.7 Å². The van der Waals surface area contributed by atoms with E-state index in [0.717, 1.165) is 46.7 Å². The molecule has 0 aromatic heterocycles. The smallest absolute Gasteiger partial charge is 0.423 e. The number of carbonyl (C=O) groups is 3. The van der Waals surface area contributed by atoms with E-state index in [4.69, 9.17) is 9.47 Å². The summed E-state index contributed by atoms with van der Waals surface area (Å²) in [5.41, 5.74) is 3.92. The highest BCUT2D eigenvalue weighted by molar-refractivity contribution is 9.10. The van der Waals surface area contributed by atoms with Gasteiger partial charge in [-0.25, -0.2) is 4.79 Å². The summed E-state index contributed by atoms with van der Waals surface area (Å²) < 4.78 is 17.2. The number of amides is 3. The number of methoxy groups -OCH3 is 2. The van der Waals surface area contributed by atoms with E-state index < -0.39 is 29.7 Å². The number of imide groups is 3. The van der Waals surface area contributed by atoms with Crippen molar-refractivity contribution in [3.05, 3.63) is 45.0 Å². The Labute approximate surface area is 213 Å². The van der Waals surface area contributed by atoms with Crippen LogP contribution in [-0.4, -0.2) is 61.5 Å². The van der Waals surface area contributed by atoms with Gasteiger partial charge in [-0.2, -0.15) is 4.90 Å². The molecule has 2 saturated heterocycles. The molecule has 0 saturated carbocycles. The molecular weight excluding hydrogens is 518 g/mol. The van der Waals surface area contributed by atoms with E-state index in [-0.39, 0.29) is 17.8 Å². The molecule has 0 bridgehead atoms. The third-order valence-electron chi connectivity index (χ3n) is 7.21. The van der Waals surface area contributed by atoms with Crippen LogP contribution in [-0.2, 0) is 23.8 Å². The van der Waals surface area contributed by atoms with Crippen molar-refractivity contribution >= 4 is 39.9 Å². The number of rotatable bonds is 7. The molecular formula is C26H30BrNO7. The van der Waals surface area contributed by atoms with Gasteiger partial charge >= 0.3 is 6.09 Å². The topological polar surface area (TPSA) is 102 Å². The summed E-state index contributed by atoms with van der Waals surface area (Å²) in [6.07, 6.45) is 3.50. The molecule has 4 atom stereocenters. The van der Waals surface area contributed by atoms with Crippen LogP contribution in [0.25, 0.3) is 6.08 Å². The number of fused-ring (bicyclic) bond motifs is 3. The number of aromatic hydroxyl groups is 1. The molecule has 188 valence electrons. The maximum Gasteiger partial charge on any atom is 0.423 e. The highest BCUT2D eigenvalue weighted by Gasteiger charge is 2.58. The van der Waals surface area contributed by atoms with Gasteiger partial charge in [-0.15, -0.1) is 0 Å². The maximum atomic E-state index is 13.1. The molecule has 0 spiro atoms. The average molecular weight is 548 g/mol. The van der Waals surface area contributed by atoms with Crippen molar-refractivity contribution in [2.75, 3.05) is 27.4 Å². The van der Waals surface area contributed by atoms with Gasteiger partial charge in [-0.05, 0) is 55.0 Å². The highest BCUT2D eigenvalue weighted by Crippen LogP contribution is 2.50. The second kappa shape index (κ2) is 10.6. The van der Waals surface area contributed by atoms with E-state index in [9.17, 15) is 19.5 Å². The summed E-state index contributed by atoms with van der Waals surface area (Å²) in [7, 11) is 2.76. The molecule has 9 heteroatoms. The number of benzene rings is 1. The molecule has 1 aromatic carbocycles. The van der Waals surface area contributed by atoms with Crippen molar-refractivity contribution in [2.45, 2.75) is 38.7 Å². The summed E-state index contributed by atoms with van der Waals surface area (Å²) >= 11 is 3.45. The molecule has 2 fully saturated rings. The van der Waals surface area contributed by atoms with Gasteiger partial charge in [0, 0.05) is 23.1 Å². The van der Waals surface area contributed by atoms with Crippen LogP contribution < -0.4 is 0 Å². The molecule has 2 heterocycles. The summed E-state index contributed by atoms with van der Waals surface area (Å²) in [5.74, 6) is -2.28. The predicted molar refractivity (Wildman–Crippen MR) is 131 cm³/mol. The number of ether oxygens (including phenoxy) is 3. The zero-order chi connectivity index (χ0) is 25.3. The number of nitrogens with zero attached hydrogens (tertiary/aromatic N) is 1. The van der Waals surface area contributed by atoms with Crippen molar-refractivity contribution in [1.82, 2.24) is 4.90 Å². The molecule has 3 aliphatic rings. The lowest BCUT2D eigenvalue weighted by molar-refractivity contribution is -0.137. The Morgan fingerprint density at radius 1 is 1.26 bits per heavy atom. The lowest BCUT2D eigenvalue weighted by Gasteiger charge is -2.31. The third-order valence-corrected chi connectivity index (χ3v) is 7.71. The van der Waals surface area contributed by atoms with E-state index in [1.54, 1.807) is 19.2 Å². The number of hydrogen-bond donors (Lipinski definition) is 1. The van der Waals surface area contributed by atoms with Crippen LogP contribution in [0, 0.1) is 17.8 Å². The first-order valence-corrected chi connectivity index (χ1v) is 12.6. The number of halogens is 1. The van der Waals surface area contributed by atoms with Crippen LogP contribution in [0.5, 0.6) is 5.75 Å². The number of phenolic OH excluding ortho intramolecular Hbond substituents is 1. The fraction of sp³-hybridized carbons (Fsp3) is 0.500. The van der Waals surface area contributed by atoms with Crippen LogP contribution in [0.4, 0.5) is 4.79 Å². The van der Waals surface area contributed by atoms with Crippen LogP contribution in [0.2, 0.25) is 0 Å². The summed E-state index contributed by atoms with van der Waals surface area (Å²) in [5, 5.41) is 10.2. The summed E-state index contributed by atoms with van der Waals surface area (Å²) in [4.78, 5) is 38.8. The molecule has 35 heavy (non-hydrogen) atoms. The van der Waals surface area contributed by atoms with Gasteiger partial charge in [0.15, 0.2) is 0 Å². The molecule has 0 radical (unpaired) electrons. The molecule has 1 aliphatic carbocycles. The van der Waals surface area contributed by atoms with Gasteiger partial charge in [0.1, 0.15) is 5.75 Å². The summed E-state index contributed by atoms with van der Waals surface area (Å²) in [6, 6.07) is 5.33. The fourth-order valence-electron chi connectivity index (χ4n) is 5.58. The number of hydrogen-bond acceptors (Lipinski definition) is 7. The molecule has 0 unspecified atom stereocenters. The molecule has 3 amide bonds. The number of carbonyl (C=O) groups excluding carboxylic acids is 3. The second-order valence-corrected chi connectivity index (χ2v) is 10.1. The van der Waals surface area contributed by atoms with Gasteiger partial charge in [0.25, 0.3) is 0 Å². The lowest BCUT2D eigenvalue weighted by atomic mass is 9.69. The van der Waals surface area contributed by atoms with Gasteiger partial charge in [0.05, 0.1) is 38.3 Å². The van der Waals surface area contributed by atoms with Gasteiger partial charge in [-0.3, -0.25) is 9.59 Å². The zero-order valence-electron chi connectivity index (χ0n) is 20.1. The van der Waals surface area contributed by atoms with Crippen molar-refractivity contribution in [3.8, 4) is 5.75 Å². The highest BCUT2D eigenvalue weighted by atomic mass is 79.9. The van der Waals surface area contributed by atoms with Gasteiger partial charge in [-0.1, -0.05) is 34.5 Å². The Morgan fingerprint density at radius 3 is 2.71 bits per heavy atom. The Bertz CT molecular complexity index is 1100. The first kappa shape index (κ1) is 25.6. The quantitative estimate of drug-likeness (QED) is 0.397. The van der Waals surface area contributed by atoms with E-state index in [2.05, 4.69) is 27.6 Å². The van der Waals surface area contributed by atoms with Crippen molar-refractivity contribution in [3.63, 3.8) is 0 Å². The van der Waals surface area contributed by atoms with Crippen molar-refractivity contribution in [2.24, 2.45) is 17.8 Å². The monoisotopic (exact) mass is 547 g/mol. The first-order chi connectivity index (χ1) is 16.8. The molecule has 1 N–H and O–H groups in total. The first-order valence-electron chi connectivity index (χ1n) is 11.8. The standard InChI is InChI=1S/C26H30BrNO7/c1-4-14(9-15-10-17(27)6-7-20(15)29)5-8-21-22-16(12-33-2)11-18-23(19(22)13-35-21)25(31)28(24(18)30)26(32)34-3/h6-7,9-10,18-19,21,23,29H,4-5,8,11-13H2,1-3H3/b14-9+/t18-,19+,21-,23-/m1/s1. The minimum Gasteiger partial charge on any atom is -0.507 e. The van der Waals surface area contributed by atoms with Crippen LogP contribution >= 0.6 is 15.9 Å². The minimum atomic E-state index is -0.937. The Hall–Kier alpha value is -2.49. The van der Waals surface area contributed by atoms with Gasteiger partial charge in [0.2, 0.25) is 11.8 Å². The predicted octanol–water partition coefficient (Wildman–Crippen LogP) is 4.46. The van der Waals surface area contributed by atoms with Crippen molar-refractivity contribution in [1.29, 1.82) is 0 Å². The van der Waals surface area contributed by atoms with E-state index in [0.29, 0.717) is 31.0 Å². The van der Waals surface area contributed by atoms with Crippen LogP contribution in [0.3, 0.4) is 0 Å². The maximum absolute atomic E-state index is 13.1. The Kier molecular flexibility index (Phi) is 7.78. The Morgan fingerprint density at radius 2 is 2.03 bits per heavy atom. The van der Waals surface area contributed by atoms with Gasteiger partial charge < -0.3 is 19.3 Å².